The van der Waals surface area contributed by atoms with E-state index in [2.05, 4.69) is 0 Å². The number of hydrogen-bond donors (Lipinski definition) is 0. The Labute approximate surface area is 171 Å². The summed E-state index contributed by atoms with van der Waals surface area (Å²) >= 11 is 0. The number of hydrogen-bond acceptors (Lipinski definition) is 4. The Balaban J connectivity index is 1.77. The van der Waals surface area contributed by atoms with Crippen molar-refractivity contribution in [2.45, 2.75) is 58.2 Å². The first kappa shape index (κ1) is 20.8. The van der Waals surface area contributed by atoms with Crippen molar-refractivity contribution in [2.24, 2.45) is 0 Å². The quantitative estimate of drug-likeness (QED) is 0.563. The van der Waals surface area contributed by atoms with Crippen LogP contribution in [0.2, 0.25) is 0 Å². The van der Waals surface area contributed by atoms with Crippen LogP contribution in [0.1, 0.15) is 66.3 Å². The Morgan fingerprint density at radius 3 is 2.07 bits per heavy atom. The molecule has 0 radical (unpaired) electrons. The summed E-state index contributed by atoms with van der Waals surface area (Å²) in [6.45, 7) is 5.64. The number of rotatable bonds is 5. The lowest BCUT2D eigenvalue weighted by molar-refractivity contribution is -0.146. The van der Waals surface area contributed by atoms with E-state index < -0.39 is 12.1 Å². The van der Waals surface area contributed by atoms with Crippen molar-refractivity contribution < 1.29 is 19.1 Å². The summed E-state index contributed by atoms with van der Waals surface area (Å²) in [5.74, 6) is -1.11. The van der Waals surface area contributed by atoms with Crippen LogP contribution < -0.4 is 0 Å². The molecule has 0 aliphatic carbocycles. The number of esters is 1. The summed E-state index contributed by atoms with van der Waals surface area (Å²) in [5, 5.41) is 0. The predicted octanol–water partition coefficient (Wildman–Crippen LogP) is 4.25. The van der Waals surface area contributed by atoms with E-state index in [1.807, 2.05) is 24.8 Å². The van der Waals surface area contributed by atoms with Gasteiger partial charge >= 0.3 is 5.97 Å². The number of ketones is 1. The van der Waals surface area contributed by atoms with E-state index in [1.165, 1.54) is 0 Å². The van der Waals surface area contributed by atoms with Crippen LogP contribution in [0.25, 0.3) is 0 Å². The summed E-state index contributed by atoms with van der Waals surface area (Å²) in [4.78, 5) is 40.4. The summed E-state index contributed by atoms with van der Waals surface area (Å²) in [6.07, 6.45) is 2.08. The normalized spacial score (nSPS) is 20.0. The van der Waals surface area contributed by atoms with Crippen LogP contribution in [0.4, 0.5) is 0 Å². The van der Waals surface area contributed by atoms with Gasteiger partial charge in [0.05, 0.1) is 5.56 Å². The van der Waals surface area contributed by atoms with E-state index in [0.29, 0.717) is 5.56 Å². The van der Waals surface area contributed by atoms with Gasteiger partial charge in [0.15, 0.2) is 11.9 Å². The van der Waals surface area contributed by atoms with E-state index in [1.54, 1.807) is 55.5 Å². The second-order valence-corrected chi connectivity index (χ2v) is 7.66. The van der Waals surface area contributed by atoms with Crippen molar-refractivity contribution in [1.29, 1.82) is 0 Å². The molecule has 2 aromatic rings. The fraction of sp³-hybridized carbons (Fsp3) is 0.375. The lowest BCUT2D eigenvalue weighted by Crippen LogP contribution is -2.51. The van der Waals surface area contributed by atoms with Gasteiger partial charge in [-0.05, 0) is 46.1 Å². The van der Waals surface area contributed by atoms with Gasteiger partial charge in [-0.1, -0.05) is 48.5 Å². The average molecular weight is 393 g/mol. The third-order valence-corrected chi connectivity index (χ3v) is 5.51. The molecule has 5 nitrogen and oxygen atoms in total. The third-order valence-electron chi connectivity index (χ3n) is 5.51. The molecule has 5 heteroatoms. The van der Waals surface area contributed by atoms with E-state index >= 15 is 0 Å². The molecule has 0 aromatic heterocycles. The van der Waals surface area contributed by atoms with Crippen molar-refractivity contribution in [2.75, 3.05) is 0 Å². The molecular weight excluding hydrogens is 366 g/mol. The Morgan fingerprint density at radius 2 is 1.45 bits per heavy atom. The Morgan fingerprint density at radius 1 is 0.897 bits per heavy atom. The lowest BCUT2D eigenvalue weighted by atomic mass is 9.97. The van der Waals surface area contributed by atoms with Gasteiger partial charge in [-0.3, -0.25) is 9.59 Å². The van der Waals surface area contributed by atoms with Gasteiger partial charge in [0, 0.05) is 23.2 Å². The fourth-order valence-electron chi connectivity index (χ4n) is 3.94. The van der Waals surface area contributed by atoms with E-state index in [-0.39, 0.29) is 34.9 Å². The maximum Gasteiger partial charge on any atom is 0.339 e. The minimum absolute atomic E-state index is 0.124. The molecular formula is C24H27NO4. The Kier molecular flexibility index (Phi) is 6.47. The molecule has 0 unspecified atom stereocenters. The molecule has 1 amide bonds. The monoisotopic (exact) mass is 393 g/mol. The number of likely N-dealkylation sites (tertiary alicyclic amines) is 1. The van der Waals surface area contributed by atoms with Gasteiger partial charge in [-0.25, -0.2) is 4.79 Å². The van der Waals surface area contributed by atoms with Gasteiger partial charge in [0.25, 0.3) is 5.91 Å². The van der Waals surface area contributed by atoms with Gasteiger partial charge in [0.1, 0.15) is 0 Å². The molecule has 1 aliphatic rings. The zero-order valence-corrected chi connectivity index (χ0v) is 17.1. The molecule has 0 N–H and O–H groups in total. The first-order valence-corrected chi connectivity index (χ1v) is 10.1. The van der Waals surface area contributed by atoms with Crippen molar-refractivity contribution in [3.8, 4) is 0 Å². The van der Waals surface area contributed by atoms with Crippen molar-refractivity contribution in [3.63, 3.8) is 0 Å². The number of amides is 1. The van der Waals surface area contributed by atoms with Crippen LogP contribution in [0.3, 0.4) is 0 Å². The van der Waals surface area contributed by atoms with Gasteiger partial charge < -0.3 is 9.64 Å². The molecule has 152 valence electrons. The zero-order chi connectivity index (χ0) is 21.0. The molecule has 2 aromatic carbocycles. The van der Waals surface area contributed by atoms with Crippen LogP contribution in [0, 0.1) is 0 Å². The lowest BCUT2D eigenvalue weighted by Gasteiger charge is -2.40. The van der Waals surface area contributed by atoms with E-state index in [9.17, 15) is 14.4 Å². The van der Waals surface area contributed by atoms with Crippen LogP contribution in [0.5, 0.6) is 0 Å². The highest BCUT2D eigenvalue weighted by Crippen LogP contribution is 2.24. The summed E-state index contributed by atoms with van der Waals surface area (Å²) < 4.78 is 5.49. The summed E-state index contributed by atoms with van der Waals surface area (Å²) in [5.41, 5.74) is 0.927. The highest BCUT2D eigenvalue weighted by atomic mass is 16.5. The molecule has 1 heterocycles. The SMILES string of the molecule is C[C@@H]1CCC[C@H](C)N1C(=O)[C@@H](C)OC(=O)c1ccccc1C(=O)c1ccccc1. The molecule has 1 saturated heterocycles. The first-order chi connectivity index (χ1) is 13.9. The third kappa shape index (κ3) is 4.56. The summed E-state index contributed by atoms with van der Waals surface area (Å²) in [6, 6.07) is 15.6. The molecule has 1 aliphatic heterocycles. The van der Waals surface area contributed by atoms with E-state index in [4.69, 9.17) is 4.74 Å². The Hall–Kier alpha value is -2.95. The maximum atomic E-state index is 12.9. The topological polar surface area (TPSA) is 63.7 Å². The maximum absolute atomic E-state index is 12.9. The van der Waals surface area contributed by atoms with Crippen LogP contribution >= 0.6 is 0 Å². The van der Waals surface area contributed by atoms with Gasteiger partial charge in [-0.15, -0.1) is 0 Å². The molecule has 29 heavy (non-hydrogen) atoms. The number of nitrogens with zero attached hydrogens (tertiary/aromatic N) is 1. The minimum atomic E-state index is -0.912. The van der Waals surface area contributed by atoms with Gasteiger partial charge in [-0.2, -0.15) is 0 Å². The number of benzene rings is 2. The standard InChI is InChI=1S/C24H27NO4/c1-16-10-9-11-17(2)25(16)23(27)18(3)29-24(28)21-15-8-7-14-20(21)22(26)19-12-5-4-6-13-19/h4-8,12-18H,9-11H2,1-3H3/t16-,17+,18-/m1/s1. The molecule has 0 spiro atoms. The molecule has 3 atom stereocenters. The average Bonchev–Trinajstić information content (AvgIpc) is 2.73. The van der Waals surface area contributed by atoms with Gasteiger partial charge in [0.2, 0.25) is 0 Å². The highest BCUT2D eigenvalue weighted by Gasteiger charge is 2.33. The molecule has 0 bridgehead atoms. The Bertz CT molecular complexity index is 883. The number of piperidine rings is 1. The zero-order valence-electron chi connectivity index (χ0n) is 17.1. The highest BCUT2D eigenvalue weighted by molar-refractivity contribution is 6.14. The molecule has 1 fully saturated rings. The summed E-state index contributed by atoms with van der Waals surface area (Å²) in [7, 11) is 0. The fourth-order valence-corrected chi connectivity index (χ4v) is 3.94. The van der Waals surface area contributed by atoms with Crippen molar-refractivity contribution in [3.05, 3.63) is 71.3 Å². The second-order valence-electron chi connectivity index (χ2n) is 7.66. The molecule has 0 saturated carbocycles. The van der Waals surface area contributed by atoms with Crippen LogP contribution in [-0.4, -0.2) is 40.7 Å². The first-order valence-electron chi connectivity index (χ1n) is 10.1. The second kappa shape index (κ2) is 9.03. The predicted molar refractivity (Wildman–Crippen MR) is 111 cm³/mol. The van der Waals surface area contributed by atoms with E-state index in [0.717, 1.165) is 19.3 Å². The largest absolute Gasteiger partial charge is 0.449 e. The number of ether oxygens (including phenoxy) is 1. The number of carbonyl (C=O) groups is 3. The van der Waals surface area contributed by atoms with Crippen LogP contribution in [-0.2, 0) is 9.53 Å². The van der Waals surface area contributed by atoms with Crippen molar-refractivity contribution >= 4 is 17.7 Å². The molecule has 3 rings (SSSR count). The van der Waals surface area contributed by atoms with Crippen LogP contribution in [0.15, 0.2) is 54.6 Å². The van der Waals surface area contributed by atoms with Crippen molar-refractivity contribution in [1.82, 2.24) is 4.90 Å². The smallest absolute Gasteiger partial charge is 0.339 e. The minimum Gasteiger partial charge on any atom is -0.449 e. The number of carbonyl (C=O) groups excluding carboxylic acids is 3.